The van der Waals surface area contributed by atoms with Crippen molar-refractivity contribution in [2.24, 2.45) is 0 Å². The van der Waals surface area contributed by atoms with Gasteiger partial charge >= 0.3 is 5.97 Å². The maximum absolute atomic E-state index is 11.5. The van der Waals surface area contributed by atoms with E-state index < -0.39 is 0 Å². The molecule has 0 N–H and O–H groups in total. The molecule has 0 spiro atoms. The van der Waals surface area contributed by atoms with Crippen molar-refractivity contribution < 1.29 is 9.53 Å². The zero-order chi connectivity index (χ0) is 15.4. The topological polar surface area (TPSA) is 32.8 Å². The van der Waals surface area contributed by atoms with Gasteiger partial charge in [-0.1, -0.05) is 22.0 Å². The molecule has 1 aliphatic rings. The van der Waals surface area contributed by atoms with Crippen LogP contribution in [0.3, 0.4) is 0 Å². The molecule has 2 rings (SSSR count). The molecule has 1 saturated heterocycles. The lowest BCUT2D eigenvalue weighted by Crippen LogP contribution is -2.41. The molecule has 0 atom stereocenters. The maximum Gasteiger partial charge on any atom is 0.337 e. The van der Waals surface area contributed by atoms with Crippen LogP contribution in [0.15, 0.2) is 22.7 Å². The molecule has 0 saturated carbocycles. The highest BCUT2D eigenvalue weighted by molar-refractivity contribution is 9.10. The van der Waals surface area contributed by atoms with Crippen LogP contribution in [0.4, 0.5) is 0 Å². The standard InChI is InChI=1S/C16H23BrN2O2/c1-18-8-6-14(7-9-18)19(2)11-13-5-4-12(10-15(13)17)16(20)21-3/h4-5,10,14H,6-9,11H2,1-3H3. The second-order valence-corrected chi connectivity index (χ2v) is 6.60. The van der Waals surface area contributed by atoms with Crippen LogP contribution in [0.25, 0.3) is 0 Å². The van der Waals surface area contributed by atoms with Crippen molar-refractivity contribution in [1.82, 2.24) is 9.80 Å². The van der Waals surface area contributed by atoms with E-state index in [1.54, 1.807) is 0 Å². The first-order valence-electron chi connectivity index (χ1n) is 7.26. The second-order valence-electron chi connectivity index (χ2n) is 5.75. The number of halogens is 1. The molecule has 0 aromatic heterocycles. The van der Waals surface area contributed by atoms with Crippen LogP contribution < -0.4 is 0 Å². The van der Waals surface area contributed by atoms with Gasteiger partial charge in [0.1, 0.15) is 0 Å². The molecule has 0 amide bonds. The minimum atomic E-state index is -0.300. The number of rotatable bonds is 4. The van der Waals surface area contributed by atoms with Crippen LogP contribution in [0, 0.1) is 0 Å². The lowest BCUT2D eigenvalue weighted by atomic mass is 10.0. The number of hydrogen-bond donors (Lipinski definition) is 0. The largest absolute Gasteiger partial charge is 0.465 e. The first-order chi connectivity index (χ1) is 10.0. The molecule has 1 fully saturated rings. The molecule has 5 heteroatoms. The summed E-state index contributed by atoms with van der Waals surface area (Å²) in [6.07, 6.45) is 2.43. The second kappa shape index (κ2) is 7.38. The van der Waals surface area contributed by atoms with E-state index in [4.69, 9.17) is 4.74 Å². The third kappa shape index (κ3) is 4.28. The SMILES string of the molecule is COC(=O)c1ccc(CN(C)C2CCN(C)CC2)c(Br)c1. The van der Waals surface area contributed by atoms with Gasteiger partial charge in [-0.3, -0.25) is 4.90 Å². The Labute approximate surface area is 135 Å². The summed E-state index contributed by atoms with van der Waals surface area (Å²) in [6, 6.07) is 6.30. The fourth-order valence-corrected chi connectivity index (χ4v) is 3.26. The molecule has 116 valence electrons. The molecule has 1 heterocycles. The van der Waals surface area contributed by atoms with Gasteiger partial charge in [-0.25, -0.2) is 4.79 Å². The van der Waals surface area contributed by atoms with Gasteiger partial charge in [0.2, 0.25) is 0 Å². The fourth-order valence-electron chi connectivity index (χ4n) is 2.75. The van der Waals surface area contributed by atoms with Crippen LogP contribution in [-0.2, 0) is 11.3 Å². The predicted octanol–water partition coefficient (Wildman–Crippen LogP) is 2.76. The molecule has 1 aromatic carbocycles. The van der Waals surface area contributed by atoms with Crippen molar-refractivity contribution in [3.05, 3.63) is 33.8 Å². The summed E-state index contributed by atoms with van der Waals surface area (Å²) in [5.74, 6) is -0.300. The van der Waals surface area contributed by atoms with E-state index in [1.807, 2.05) is 18.2 Å². The zero-order valence-corrected chi connectivity index (χ0v) is 14.5. The maximum atomic E-state index is 11.5. The van der Waals surface area contributed by atoms with E-state index in [0.29, 0.717) is 11.6 Å². The number of carbonyl (C=O) groups is 1. The number of ether oxygens (including phenoxy) is 1. The summed E-state index contributed by atoms with van der Waals surface area (Å²) in [4.78, 5) is 16.3. The van der Waals surface area contributed by atoms with Crippen molar-refractivity contribution in [1.29, 1.82) is 0 Å². The van der Waals surface area contributed by atoms with Gasteiger partial charge in [0.15, 0.2) is 0 Å². The smallest absolute Gasteiger partial charge is 0.337 e. The van der Waals surface area contributed by atoms with Crippen molar-refractivity contribution in [2.45, 2.75) is 25.4 Å². The van der Waals surface area contributed by atoms with E-state index in [0.717, 1.165) is 24.1 Å². The van der Waals surface area contributed by atoms with E-state index in [2.05, 4.69) is 39.8 Å². The van der Waals surface area contributed by atoms with E-state index in [-0.39, 0.29) is 5.97 Å². The van der Waals surface area contributed by atoms with Crippen LogP contribution >= 0.6 is 15.9 Å². The lowest BCUT2D eigenvalue weighted by molar-refractivity contribution is 0.0600. The third-order valence-corrected chi connectivity index (χ3v) is 4.94. The summed E-state index contributed by atoms with van der Waals surface area (Å²) in [5.41, 5.74) is 1.78. The average molecular weight is 355 g/mol. The van der Waals surface area contributed by atoms with E-state index in [1.165, 1.54) is 25.5 Å². The lowest BCUT2D eigenvalue weighted by Gasteiger charge is -2.35. The van der Waals surface area contributed by atoms with Gasteiger partial charge in [-0.2, -0.15) is 0 Å². The highest BCUT2D eigenvalue weighted by Crippen LogP contribution is 2.23. The summed E-state index contributed by atoms with van der Waals surface area (Å²) in [5, 5.41) is 0. The predicted molar refractivity (Wildman–Crippen MR) is 87.5 cm³/mol. The van der Waals surface area contributed by atoms with Crippen molar-refractivity contribution in [2.75, 3.05) is 34.3 Å². The summed E-state index contributed by atoms with van der Waals surface area (Å²) in [6.45, 7) is 3.21. The van der Waals surface area contributed by atoms with Gasteiger partial charge in [-0.05, 0) is 57.7 Å². The number of likely N-dealkylation sites (tertiary alicyclic amines) is 1. The zero-order valence-electron chi connectivity index (χ0n) is 12.9. The highest BCUT2D eigenvalue weighted by atomic mass is 79.9. The molecular formula is C16H23BrN2O2. The Kier molecular flexibility index (Phi) is 5.79. The molecule has 21 heavy (non-hydrogen) atoms. The van der Waals surface area contributed by atoms with Crippen LogP contribution in [0.5, 0.6) is 0 Å². The molecule has 0 radical (unpaired) electrons. The normalized spacial score (nSPS) is 17.2. The van der Waals surface area contributed by atoms with Crippen molar-refractivity contribution >= 4 is 21.9 Å². The number of piperidine rings is 1. The fraction of sp³-hybridized carbons (Fsp3) is 0.562. The summed E-state index contributed by atoms with van der Waals surface area (Å²) >= 11 is 3.56. The van der Waals surface area contributed by atoms with Crippen molar-refractivity contribution in [3.8, 4) is 0 Å². The van der Waals surface area contributed by atoms with E-state index >= 15 is 0 Å². The molecule has 0 aliphatic carbocycles. The molecule has 0 unspecified atom stereocenters. The number of hydrogen-bond acceptors (Lipinski definition) is 4. The molecular weight excluding hydrogens is 332 g/mol. The molecule has 1 aromatic rings. The monoisotopic (exact) mass is 354 g/mol. The Bertz CT molecular complexity index is 499. The Morgan fingerprint density at radius 2 is 2.10 bits per heavy atom. The number of carbonyl (C=O) groups excluding carboxylic acids is 1. The van der Waals surface area contributed by atoms with Gasteiger partial charge in [0, 0.05) is 17.1 Å². The van der Waals surface area contributed by atoms with Crippen LogP contribution in [0.2, 0.25) is 0 Å². The summed E-state index contributed by atoms with van der Waals surface area (Å²) in [7, 11) is 5.76. The number of esters is 1. The average Bonchev–Trinajstić information content (AvgIpc) is 2.49. The van der Waals surface area contributed by atoms with Gasteiger partial charge in [0.05, 0.1) is 12.7 Å². The summed E-state index contributed by atoms with van der Waals surface area (Å²) < 4.78 is 5.71. The number of nitrogens with zero attached hydrogens (tertiary/aromatic N) is 2. The molecule has 1 aliphatic heterocycles. The first-order valence-corrected chi connectivity index (χ1v) is 8.06. The minimum Gasteiger partial charge on any atom is -0.465 e. The van der Waals surface area contributed by atoms with Gasteiger partial charge < -0.3 is 9.64 Å². The first kappa shape index (κ1) is 16.5. The molecule has 4 nitrogen and oxygen atoms in total. The Hall–Kier alpha value is -0.910. The Balaban J connectivity index is 2.00. The Morgan fingerprint density at radius 3 is 2.67 bits per heavy atom. The Morgan fingerprint density at radius 1 is 1.43 bits per heavy atom. The third-order valence-electron chi connectivity index (χ3n) is 4.21. The van der Waals surface area contributed by atoms with E-state index in [9.17, 15) is 4.79 Å². The van der Waals surface area contributed by atoms with Gasteiger partial charge in [0.25, 0.3) is 0 Å². The van der Waals surface area contributed by atoms with Crippen LogP contribution in [-0.4, -0.2) is 56.1 Å². The number of benzene rings is 1. The van der Waals surface area contributed by atoms with Gasteiger partial charge in [-0.15, -0.1) is 0 Å². The van der Waals surface area contributed by atoms with Crippen molar-refractivity contribution in [3.63, 3.8) is 0 Å². The number of methoxy groups -OCH3 is 1. The minimum absolute atomic E-state index is 0.300. The highest BCUT2D eigenvalue weighted by Gasteiger charge is 2.21. The quantitative estimate of drug-likeness (QED) is 0.778. The molecule has 0 bridgehead atoms. The van der Waals surface area contributed by atoms with Crippen LogP contribution in [0.1, 0.15) is 28.8 Å².